The van der Waals surface area contributed by atoms with Gasteiger partial charge >= 0.3 is 0 Å². The normalized spacial score (nSPS) is 16.1. The second-order valence-electron chi connectivity index (χ2n) is 7.89. The number of amides is 2. The third-order valence-electron chi connectivity index (χ3n) is 5.44. The van der Waals surface area contributed by atoms with Crippen LogP contribution in [0.4, 0.5) is 5.13 Å². The first-order valence-corrected chi connectivity index (χ1v) is 11.4. The van der Waals surface area contributed by atoms with Gasteiger partial charge in [0.2, 0.25) is 5.91 Å². The second-order valence-corrected chi connectivity index (χ2v) is 8.89. The molecule has 2 amide bonds. The summed E-state index contributed by atoms with van der Waals surface area (Å²) in [7, 11) is 1.65. The van der Waals surface area contributed by atoms with Gasteiger partial charge in [0, 0.05) is 26.4 Å². The number of piperidine rings is 1. The molecule has 32 heavy (non-hydrogen) atoms. The van der Waals surface area contributed by atoms with Crippen LogP contribution in [0.2, 0.25) is 0 Å². The molecule has 1 atom stereocenters. The van der Waals surface area contributed by atoms with Gasteiger partial charge in [-0.05, 0) is 37.5 Å². The first kappa shape index (κ1) is 22.0. The Hall–Kier alpha value is -3.20. The summed E-state index contributed by atoms with van der Waals surface area (Å²) in [6.45, 7) is 4.44. The maximum atomic E-state index is 13.1. The summed E-state index contributed by atoms with van der Waals surface area (Å²) in [5.74, 6) is 2.08. The van der Waals surface area contributed by atoms with E-state index in [1.54, 1.807) is 20.2 Å². The van der Waals surface area contributed by atoms with Crippen LogP contribution >= 0.6 is 11.3 Å². The van der Waals surface area contributed by atoms with Gasteiger partial charge in [-0.3, -0.25) is 9.59 Å². The van der Waals surface area contributed by atoms with Gasteiger partial charge in [-0.2, -0.15) is 0 Å². The molecule has 1 fully saturated rings. The zero-order chi connectivity index (χ0) is 22.7. The van der Waals surface area contributed by atoms with Crippen LogP contribution in [0.3, 0.4) is 0 Å². The van der Waals surface area contributed by atoms with Crippen LogP contribution in [0.1, 0.15) is 58.3 Å². The van der Waals surface area contributed by atoms with Crippen LogP contribution in [-0.4, -0.2) is 46.9 Å². The third kappa shape index (κ3) is 4.99. The molecular formula is C23H26N4O4S. The molecule has 4 rings (SSSR count). The van der Waals surface area contributed by atoms with Gasteiger partial charge in [0.1, 0.15) is 16.4 Å². The molecule has 0 bridgehead atoms. The summed E-state index contributed by atoms with van der Waals surface area (Å²) in [6, 6.07) is 7.87. The first-order valence-electron chi connectivity index (χ1n) is 10.5. The molecule has 1 N–H and O–H groups in total. The number of methoxy groups -OCH3 is 1. The van der Waals surface area contributed by atoms with Crippen molar-refractivity contribution in [3.05, 3.63) is 58.2 Å². The second kappa shape index (κ2) is 9.52. The van der Waals surface area contributed by atoms with E-state index in [9.17, 15) is 9.59 Å². The molecule has 0 radical (unpaired) electrons. The lowest BCUT2D eigenvalue weighted by Crippen LogP contribution is -2.39. The highest BCUT2D eigenvalue weighted by molar-refractivity contribution is 7.17. The van der Waals surface area contributed by atoms with Gasteiger partial charge in [-0.1, -0.05) is 23.5 Å². The predicted molar refractivity (Wildman–Crippen MR) is 121 cm³/mol. The summed E-state index contributed by atoms with van der Waals surface area (Å²) in [5.41, 5.74) is 1.74. The van der Waals surface area contributed by atoms with Crippen LogP contribution < -0.4 is 10.1 Å². The van der Waals surface area contributed by atoms with Crippen LogP contribution in [0, 0.1) is 6.92 Å². The van der Waals surface area contributed by atoms with E-state index in [0.29, 0.717) is 41.1 Å². The van der Waals surface area contributed by atoms with E-state index >= 15 is 0 Å². The molecular weight excluding hydrogens is 428 g/mol. The molecule has 1 aliphatic rings. The highest BCUT2D eigenvalue weighted by Gasteiger charge is 2.30. The van der Waals surface area contributed by atoms with Gasteiger partial charge in [-0.15, -0.1) is 0 Å². The third-order valence-corrected chi connectivity index (χ3v) is 6.50. The Balaban J connectivity index is 1.42. The lowest BCUT2D eigenvalue weighted by atomic mass is 9.98. The van der Waals surface area contributed by atoms with E-state index in [0.717, 1.165) is 29.9 Å². The van der Waals surface area contributed by atoms with Crippen molar-refractivity contribution in [1.29, 1.82) is 0 Å². The highest BCUT2D eigenvalue weighted by Crippen LogP contribution is 2.30. The molecule has 3 aromatic rings. The van der Waals surface area contributed by atoms with Crippen LogP contribution in [0.25, 0.3) is 0 Å². The number of hydrogen-bond donors (Lipinski definition) is 1. The SMILES string of the molecule is COc1ccc(Cc2cnc([C@H]3CCCN(C(=O)c4sc(NC(C)=O)nc4C)C3)o2)cc1. The van der Waals surface area contributed by atoms with Gasteiger partial charge in [0.15, 0.2) is 11.0 Å². The Bertz CT molecular complexity index is 1110. The minimum absolute atomic E-state index is 0.0559. The Labute approximate surface area is 190 Å². The average Bonchev–Trinajstić information content (AvgIpc) is 3.40. The maximum Gasteiger partial charge on any atom is 0.265 e. The first-order chi connectivity index (χ1) is 15.4. The van der Waals surface area contributed by atoms with Gasteiger partial charge in [0.05, 0.1) is 24.9 Å². The van der Waals surface area contributed by atoms with Crippen molar-refractivity contribution in [1.82, 2.24) is 14.9 Å². The molecule has 9 heteroatoms. The molecule has 1 aliphatic heterocycles. The molecule has 8 nitrogen and oxygen atoms in total. The molecule has 0 aliphatic carbocycles. The van der Waals surface area contributed by atoms with Gasteiger partial charge in [0.25, 0.3) is 5.91 Å². The number of rotatable bonds is 6. The molecule has 1 aromatic carbocycles. The number of ether oxygens (including phenoxy) is 1. The molecule has 0 unspecified atom stereocenters. The molecule has 3 heterocycles. The zero-order valence-corrected chi connectivity index (χ0v) is 19.2. The zero-order valence-electron chi connectivity index (χ0n) is 18.4. The van der Waals surface area contributed by atoms with Crippen molar-refractivity contribution in [2.24, 2.45) is 0 Å². The number of carbonyl (C=O) groups is 2. The highest BCUT2D eigenvalue weighted by atomic mass is 32.1. The fourth-order valence-corrected chi connectivity index (χ4v) is 4.82. The summed E-state index contributed by atoms with van der Waals surface area (Å²) >= 11 is 1.21. The van der Waals surface area contributed by atoms with E-state index in [1.807, 2.05) is 29.2 Å². The Morgan fingerprint density at radius 3 is 2.81 bits per heavy atom. The number of benzene rings is 1. The fourth-order valence-electron chi connectivity index (χ4n) is 3.84. The molecule has 1 saturated heterocycles. The lowest BCUT2D eigenvalue weighted by molar-refractivity contribution is -0.114. The number of aromatic nitrogens is 2. The average molecular weight is 455 g/mol. The molecule has 0 spiro atoms. The molecule has 2 aromatic heterocycles. The molecule has 0 saturated carbocycles. The van der Waals surface area contributed by atoms with Crippen LogP contribution in [0.15, 0.2) is 34.9 Å². The van der Waals surface area contributed by atoms with Gasteiger partial charge < -0.3 is 19.4 Å². The maximum absolute atomic E-state index is 13.1. The van der Waals surface area contributed by atoms with Crippen molar-refractivity contribution in [3.8, 4) is 5.75 Å². The lowest BCUT2D eigenvalue weighted by Gasteiger charge is -2.31. The standard InChI is InChI=1S/C23H26N4O4S/c1-14-20(32-23(25-14)26-15(2)28)22(29)27-10-4-5-17(13-27)21-24-12-19(31-21)11-16-6-8-18(30-3)9-7-16/h6-9,12,17H,4-5,10-11,13H2,1-3H3,(H,25,26,28)/t17-/m0/s1. The Morgan fingerprint density at radius 1 is 1.31 bits per heavy atom. The number of oxazole rings is 1. The number of hydrogen-bond acceptors (Lipinski definition) is 7. The van der Waals surface area contributed by atoms with Crippen molar-refractivity contribution in [2.75, 3.05) is 25.5 Å². The van der Waals surface area contributed by atoms with E-state index in [4.69, 9.17) is 9.15 Å². The quantitative estimate of drug-likeness (QED) is 0.604. The summed E-state index contributed by atoms with van der Waals surface area (Å²) in [4.78, 5) is 35.6. The topological polar surface area (TPSA) is 97.6 Å². The Kier molecular flexibility index (Phi) is 6.55. The van der Waals surface area contributed by atoms with E-state index in [2.05, 4.69) is 15.3 Å². The number of carbonyl (C=O) groups excluding carboxylic acids is 2. The number of anilines is 1. The van der Waals surface area contributed by atoms with Crippen molar-refractivity contribution in [3.63, 3.8) is 0 Å². The van der Waals surface area contributed by atoms with Crippen molar-refractivity contribution >= 4 is 28.3 Å². The fraction of sp³-hybridized carbons (Fsp3) is 0.391. The monoisotopic (exact) mass is 454 g/mol. The van der Waals surface area contributed by atoms with Crippen molar-refractivity contribution in [2.45, 2.75) is 39.0 Å². The number of thiazole rings is 1. The van der Waals surface area contributed by atoms with Gasteiger partial charge in [-0.25, -0.2) is 9.97 Å². The minimum Gasteiger partial charge on any atom is -0.497 e. The van der Waals surface area contributed by atoms with E-state index in [-0.39, 0.29) is 17.7 Å². The number of nitrogens with one attached hydrogen (secondary N) is 1. The number of aryl methyl sites for hydroxylation is 1. The summed E-state index contributed by atoms with van der Waals surface area (Å²) < 4.78 is 11.3. The number of nitrogens with zero attached hydrogens (tertiary/aromatic N) is 3. The van der Waals surface area contributed by atoms with Crippen LogP contribution in [0.5, 0.6) is 5.75 Å². The minimum atomic E-state index is -0.204. The Morgan fingerprint density at radius 2 is 2.09 bits per heavy atom. The predicted octanol–water partition coefficient (Wildman–Crippen LogP) is 4.02. The summed E-state index contributed by atoms with van der Waals surface area (Å²) in [5, 5.41) is 3.10. The number of likely N-dealkylation sites (tertiary alicyclic amines) is 1. The van der Waals surface area contributed by atoms with Crippen molar-refractivity contribution < 1.29 is 18.7 Å². The van der Waals surface area contributed by atoms with E-state index < -0.39 is 0 Å². The smallest absolute Gasteiger partial charge is 0.265 e. The van der Waals surface area contributed by atoms with Crippen LogP contribution in [-0.2, 0) is 11.2 Å². The van der Waals surface area contributed by atoms with E-state index in [1.165, 1.54) is 18.3 Å². The largest absolute Gasteiger partial charge is 0.497 e. The molecule has 168 valence electrons. The summed E-state index contributed by atoms with van der Waals surface area (Å²) in [6.07, 6.45) is 4.22.